The normalized spacial score (nSPS) is 25.9. The molecule has 0 aliphatic heterocycles. The minimum atomic E-state index is -0.476. The molecule has 14 heavy (non-hydrogen) atoms. The Balaban J connectivity index is 2.32. The Labute approximate surface area is 84.2 Å². The number of carbonyl (C=O) groups excluding carboxylic acids is 1. The van der Waals surface area contributed by atoms with E-state index in [-0.39, 0.29) is 12.0 Å². The third-order valence-electron chi connectivity index (χ3n) is 2.14. The Hall–Kier alpha value is -1.24. The summed E-state index contributed by atoms with van der Waals surface area (Å²) in [5.74, 6) is -0.0393. The standard InChI is InChI=1S/C10H16N2O2/c1-10(2,3)14-9(13)12-8-5-4-7(8)6-11/h7-8H,4-5H2,1-3H3,(H,12,13)/t7-,8+/m1/s1. The molecule has 0 radical (unpaired) electrons. The predicted molar refractivity (Wildman–Crippen MR) is 51.5 cm³/mol. The van der Waals surface area contributed by atoms with Gasteiger partial charge in [0.15, 0.2) is 0 Å². The van der Waals surface area contributed by atoms with Crippen LogP contribution < -0.4 is 5.32 Å². The monoisotopic (exact) mass is 196 g/mol. The maximum Gasteiger partial charge on any atom is 0.407 e. The largest absolute Gasteiger partial charge is 0.444 e. The molecule has 1 N–H and O–H groups in total. The van der Waals surface area contributed by atoms with Crippen LogP contribution in [-0.2, 0) is 4.74 Å². The maximum atomic E-state index is 11.3. The molecule has 1 aliphatic rings. The summed E-state index contributed by atoms with van der Waals surface area (Å²) in [6.45, 7) is 5.44. The number of nitrogens with one attached hydrogen (secondary N) is 1. The summed E-state index contributed by atoms with van der Waals surface area (Å²) in [6.07, 6.45) is 1.32. The number of rotatable bonds is 1. The van der Waals surface area contributed by atoms with Crippen molar-refractivity contribution in [3.8, 4) is 6.07 Å². The third kappa shape index (κ3) is 2.91. The van der Waals surface area contributed by atoms with Gasteiger partial charge >= 0.3 is 6.09 Å². The van der Waals surface area contributed by atoms with E-state index < -0.39 is 11.7 Å². The van der Waals surface area contributed by atoms with E-state index in [2.05, 4.69) is 11.4 Å². The van der Waals surface area contributed by atoms with Gasteiger partial charge in [-0.15, -0.1) is 0 Å². The fourth-order valence-electron chi connectivity index (χ4n) is 1.29. The van der Waals surface area contributed by atoms with Crippen molar-refractivity contribution >= 4 is 6.09 Å². The number of nitriles is 1. The van der Waals surface area contributed by atoms with Gasteiger partial charge in [-0.2, -0.15) is 5.26 Å². The molecule has 4 heteroatoms. The van der Waals surface area contributed by atoms with Gasteiger partial charge in [-0.1, -0.05) is 0 Å². The quantitative estimate of drug-likeness (QED) is 0.695. The van der Waals surface area contributed by atoms with E-state index in [0.717, 1.165) is 12.8 Å². The Bertz CT molecular complexity index is 262. The van der Waals surface area contributed by atoms with E-state index in [1.807, 2.05) is 20.8 Å². The Morgan fingerprint density at radius 3 is 2.50 bits per heavy atom. The molecule has 78 valence electrons. The third-order valence-corrected chi connectivity index (χ3v) is 2.14. The van der Waals surface area contributed by atoms with E-state index in [1.54, 1.807) is 0 Å². The second-order valence-electron chi connectivity index (χ2n) is 4.57. The molecular formula is C10H16N2O2. The highest BCUT2D eigenvalue weighted by molar-refractivity contribution is 5.68. The lowest BCUT2D eigenvalue weighted by Gasteiger charge is -2.32. The van der Waals surface area contributed by atoms with Gasteiger partial charge < -0.3 is 10.1 Å². The first kappa shape index (κ1) is 10.8. The van der Waals surface area contributed by atoms with Gasteiger partial charge in [0.25, 0.3) is 0 Å². The van der Waals surface area contributed by atoms with Crippen molar-refractivity contribution < 1.29 is 9.53 Å². The number of nitrogens with zero attached hydrogens (tertiary/aromatic N) is 1. The lowest BCUT2D eigenvalue weighted by Crippen LogP contribution is -2.47. The zero-order valence-electron chi connectivity index (χ0n) is 8.83. The van der Waals surface area contributed by atoms with Crippen molar-refractivity contribution in [3.63, 3.8) is 0 Å². The van der Waals surface area contributed by atoms with Crippen LogP contribution in [0.5, 0.6) is 0 Å². The molecule has 0 aromatic carbocycles. The van der Waals surface area contributed by atoms with Gasteiger partial charge in [0, 0.05) is 6.04 Å². The lowest BCUT2D eigenvalue weighted by molar-refractivity contribution is 0.0459. The van der Waals surface area contributed by atoms with Crippen LogP contribution in [0.2, 0.25) is 0 Å². The second-order valence-corrected chi connectivity index (χ2v) is 4.57. The molecule has 1 aliphatic carbocycles. The average Bonchev–Trinajstić information content (AvgIpc) is 1.96. The van der Waals surface area contributed by atoms with Gasteiger partial charge in [-0.3, -0.25) is 0 Å². The Morgan fingerprint density at radius 2 is 2.14 bits per heavy atom. The Kier molecular flexibility index (Phi) is 3.00. The van der Waals surface area contributed by atoms with Crippen molar-refractivity contribution in [2.75, 3.05) is 0 Å². The number of amides is 1. The van der Waals surface area contributed by atoms with Crippen LogP contribution in [0.1, 0.15) is 33.6 Å². The van der Waals surface area contributed by atoms with Crippen LogP contribution >= 0.6 is 0 Å². The van der Waals surface area contributed by atoms with Crippen LogP contribution in [0, 0.1) is 17.2 Å². The molecule has 1 fully saturated rings. The van der Waals surface area contributed by atoms with Crippen molar-refractivity contribution in [2.45, 2.75) is 45.3 Å². The van der Waals surface area contributed by atoms with Crippen LogP contribution in [0.4, 0.5) is 4.79 Å². The fraction of sp³-hybridized carbons (Fsp3) is 0.800. The maximum absolute atomic E-state index is 11.3. The first-order valence-corrected chi connectivity index (χ1v) is 4.81. The van der Waals surface area contributed by atoms with Crippen molar-refractivity contribution in [3.05, 3.63) is 0 Å². The SMILES string of the molecule is CC(C)(C)OC(=O)N[C@H]1CC[C@@H]1C#N. The van der Waals surface area contributed by atoms with Crippen molar-refractivity contribution in [1.82, 2.24) is 5.32 Å². The molecule has 4 nitrogen and oxygen atoms in total. The van der Waals surface area contributed by atoms with Gasteiger partial charge in [0.1, 0.15) is 5.60 Å². The van der Waals surface area contributed by atoms with E-state index in [4.69, 9.17) is 10.00 Å². The summed E-state index contributed by atoms with van der Waals surface area (Å²) in [7, 11) is 0. The van der Waals surface area contributed by atoms with Gasteiger partial charge in [0.2, 0.25) is 0 Å². The molecule has 0 unspecified atom stereocenters. The predicted octanol–water partition coefficient (Wildman–Crippen LogP) is 1.81. The first-order chi connectivity index (χ1) is 6.42. The van der Waals surface area contributed by atoms with E-state index in [1.165, 1.54) is 0 Å². The van der Waals surface area contributed by atoms with Crippen LogP contribution in [0.25, 0.3) is 0 Å². The number of ether oxygens (including phenoxy) is 1. The number of hydrogen-bond donors (Lipinski definition) is 1. The molecule has 1 rings (SSSR count). The molecule has 0 bridgehead atoms. The summed E-state index contributed by atoms with van der Waals surface area (Å²) < 4.78 is 5.08. The number of hydrogen-bond acceptors (Lipinski definition) is 3. The summed E-state index contributed by atoms with van der Waals surface area (Å²) in [5.41, 5.74) is -0.476. The summed E-state index contributed by atoms with van der Waals surface area (Å²) in [6, 6.07) is 2.13. The van der Waals surface area contributed by atoms with Crippen LogP contribution in [0.15, 0.2) is 0 Å². The molecule has 0 heterocycles. The molecule has 0 spiro atoms. The first-order valence-electron chi connectivity index (χ1n) is 4.81. The smallest absolute Gasteiger partial charge is 0.407 e. The molecular weight excluding hydrogens is 180 g/mol. The highest BCUT2D eigenvalue weighted by Crippen LogP contribution is 2.26. The summed E-state index contributed by atoms with van der Waals surface area (Å²) in [4.78, 5) is 11.3. The zero-order valence-corrected chi connectivity index (χ0v) is 8.83. The molecule has 0 aromatic rings. The number of carbonyl (C=O) groups is 1. The molecule has 1 saturated carbocycles. The number of alkyl carbamates (subject to hydrolysis) is 1. The fourth-order valence-corrected chi connectivity index (χ4v) is 1.29. The molecule has 0 saturated heterocycles. The van der Waals surface area contributed by atoms with Crippen LogP contribution in [-0.4, -0.2) is 17.7 Å². The molecule has 1 amide bonds. The van der Waals surface area contributed by atoms with Crippen molar-refractivity contribution in [2.24, 2.45) is 5.92 Å². The second kappa shape index (κ2) is 3.87. The van der Waals surface area contributed by atoms with Gasteiger partial charge in [-0.25, -0.2) is 4.79 Å². The highest BCUT2D eigenvalue weighted by atomic mass is 16.6. The zero-order chi connectivity index (χ0) is 10.8. The topological polar surface area (TPSA) is 62.1 Å². The van der Waals surface area contributed by atoms with Gasteiger partial charge in [0.05, 0.1) is 12.0 Å². The summed E-state index contributed by atoms with van der Waals surface area (Å²) >= 11 is 0. The minimum absolute atomic E-state index is 0.0187. The minimum Gasteiger partial charge on any atom is -0.444 e. The van der Waals surface area contributed by atoms with Crippen molar-refractivity contribution in [1.29, 1.82) is 5.26 Å². The summed E-state index contributed by atoms with van der Waals surface area (Å²) in [5, 5.41) is 11.4. The van der Waals surface area contributed by atoms with E-state index >= 15 is 0 Å². The Morgan fingerprint density at radius 1 is 1.50 bits per heavy atom. The molecule has 2 atom stereocenters. The molecule has 0 aromatic heterocycles. The van der Waals surface area contributed by atoms with E-state index in [9.17, 15) is 4.79 Å². The van der Waals surface area contributed by atoms with Crippen LogP contribution in [0.3, 0.4) is 0 Å². The lowest BCUT2D eigenvalue weighted by atomic mass is 9.81. The highest BCUT2D eigenvalue weighted by Gasteiger charge is 2.33. The van der Waals surface area contributed by atoms with Gasteiger partial charge in [-0.05, 0) is 33.6 Å². The van der Waals surface area contributed by atoms with E-state index in [0.29, 0.717) is 0 Å². The average molecular weight is 196 g/mol.